The van der Waals surface area contributed by atoms with Crippen LogP contribution >= 0.6 is 0 Å². The number of para-hydroxylation sites is 1. The maximum absolute atomic E-state index is 12.7. The third-order valence-corrected chi connectivity index (χ3v) is 5.51. The highest BCUT2D eigenvalue weighted by Gasteiger charge is 2.35. The van der Waals surface area contributed by atoms with Crippen molar-refractivity contribution in [1.29, 1.82) is 0 Å². The van der Waals surface area contributed by atoms with Gasteiger partial charge in [0.25, 0.3) is 5.91 Å². The molecular weight excluding hydrogens is 334 g/mol. The minimum atomic E-state index is -0.577. The maximum atomic E-state index is 12.7. The molecule has 1 aromatic rings. The number of piperidine rings is 1. The molecule has 0 unspecified atom stereocenters. The molecule has 1 aliphatic heterocycles. The van der Waals surface area contributed by atoms with Gasteiger partial charge in [0.1, 0.15) is 5.56 Å². The zero-order chi connectivity index (χ0) is 18.5. The van der Waals surface area contributed by atoms with E-state index < -0.39 is 5.97 Å². The summed E-state index contributed by atoms with van der Waals surface area (Å²) < 4.78 is 15.8. The van der Waals surface area contributed by atoms with E-state index in [9.17, 15) is 9.59 Å². The van der Waals surface area contributed by atoms with Crippen molar-refractivity contribution in [3.63, 3.8) is 0 Å². The summed E-state index contributed by atoms with van der Waals surface area (Å²) in [6, 6.07) is 5.32. The summed E-state index contributed by atoms with van der Waals surface area (Å²) in [4.78, 5) is 27.0. The summed E-state index contributed by atoms with van der Waals surface area (Å²) in [6.45, 7) is 0.530. The van der Waals surface area contributed by atoms with E-state index >= 15 is 0 Å². The zero-order valence-electron chi connectivity index (χ0n) is 15.5. The summed E-state index contributed by atoms with van der Waals surface area (Å²) in [5.74, 6) is 0.700. The highest BCUT2D eigenvalue weighted by molar-refractivity contribution is 5.95. The Morgan fingerprint density at radius 3 is 2.62 bits per heavy atom. The van der Waals surface area contributed by atoms with Crippen molar-refractivity contribution in [2.45, 2.75) is 44.6 Å². The number of rotatable bonds is 5. The second-order valence-corrected chi connectivity index (χ2v) is 6.96. The normalized spacial score (nSPS) is 22.3. The van der Waals surface area contributed by atoms with Gasteiger partial charge in [-0.3, -0.25) is 4.79 Å². The van der Waals surface area contributed by atoms with Gasteiger partial charge in [0.2, 0.25) is 0 Å². The molecule has 1 amide bonds. The Balaban J connectivity index is 1.63. The van der Waals surface area contributed by atoms with E-state index in [1.54, 1.807) is 18.2 Å². The Morgan fingerprint density at radius 2 is 1.85 bits per heavy atom. The first-order chi connectivity index (χ1) is 12.7. The average Bonchev–Trinajstić information content (AvgIpc) is 2.70. The van der Waals surface area contributed by atoms with Crippen molar-refractivity contribution in [3.05, 3.63) is 23.8 Å². The molecule has 2 aliphatic rings. The first kappa shape index (κ1) is 18.5. The van der Waals surface area contributed by atoms with Gasteiger partial charge >= 0.3 is 5.97 Å². The summed E-state index contributed by atoms with van der Waals surface area (Å²) in [5.41, 5.74) is 0.258. The van der Waals surface area contributed by atoms with Crippen LogP contribution in [0.1, 0.15) is 48.9 Å². The molecule has 0 N–H and O–H groups in total. The average molecular weight is 361 g/mol. The number of carbonyl (C=O) groups is 2. The first-order valence-corrected chi connectivity index (χ1v) is 9.33. The van der Waals surface area contributed by atoms with Crippen LogP contribution in [0.4, 0.5) is 0 Å². The largest absolute Gasteiger partial charge is 0.493 e. The SMILES string of the molecule is COc1cccc(C(=O)OCC(=O)N2CCC[C@@H]3CCCC[C@H]32)c1OC. The number of nitrogens with zero attached hydrogens (tertiary/aromatic N) is 1. The molecule has 6 nitrogen and oxygen atoms in total. The minimum Gasteiger partial charge on any atom is -0.493 e. The van der Waals surface area contributed by atoms with Crippen molar-refractivity contribution < 1.29 is 23.8 Å². The summed E-state index contributed by atoms with van der Waals surface area (Å²) in [7, 11) is 2.98. The Kier molecular flexibility index (Phi) is 6.01. The fourth-order valence-electron chi connectivity index (χ4n) is 4.27. The lowest BCUT2D eigenvalue weighted by Gasteiger charge is -2.44. The molecule has 6 heteroatoms. The highest BCUT2D eigenvalue weighted by atomic mass is 16.5. The number of carbonyl (C=O) groups excluding carboxylic acids is 2. The van der Waals surface area contributed by atoms with E-state index in [0.717, 1.165) is 19.4 Å². The quantitative estimate of drug-likeness (QED) is 0.754. The molecule has 2 fully saturated rings. The van der Waals surface area contributed by atoms with Crippen molar-refractivity contribution >= 4 is 11.9 Å². The summed E-state index contributed by atoms with van der Waals surface area (Å²) >= 11 is 0. The molecule has 1 aromatic carbocycles. The monoisotopic (exact) mass is 361 g/mol. The Bertz CT molecular complexity index is 658. The maximum Gasteiger partial charge on any atom is 0.342 e. The molecule has 3 rings (SSSR count). The van der Waals surface area contributed by atoms with Crippen molar-refractivity contribution in [2.24, 2.45) is 5.92 Å². The predicted octanol–water partition coefficient (Wildman–Crippen LogP) is 3.04. The second-order valence-electron chi connectivity index (χ2n) is 6.96. The van der Waals surface area contributed by atoms with Crippen LogP contribution in [0.25, 0.3) is 0 Å². The molecule has 0 aromatic heterocycles. The number of hydrogen-bond donors (Lipinski definition) is 0. The van der Waals surface area contributed by atoms with Crippen LogP contribution in [0.3, 0.4) is 0 Å². The van der Waals surface area contributed by atoms with E-state index in [0.29, 0.717) is 23.5 Å². The zero-order valence-corrected chi connectivity index (χ0v) is 15.5. The number of fused-ring (bicyclic) bond motifs is 1. The van der Waals surface area contributed by atoms with E-state index in [2.05, 4.69) is 0 Å². The fourth-order valence-corrected chi connectivity index (χ4v) is 4.27. The van der Waals surface area contributed by atoms with Crippen molar-refractivity contribution in [2.75, 3.05) is 27.4 Å². The van der Waals surface area contributed by atoms with Crippen molar-refractivity contribution in [1.82, 2.24) is 4.90 Å². The van der Waals surface area contributed by atoms with Gasteiger partial charge in [0.15, 0.2) is 18.1 Å². The molecule has 26 heavy (non-hydrogen) atoms. The van der Waals surface area contributed by atoms with Crippen molar-refractivity contribution in [3.8, 4) is 11.5 Å². The smallest absolute Gasteiger partial charge is 0.342 e. The van der Waals surface area contributed by atoms with Crippen LogP contribution in [0.5, 0.6) is 11.5 Å². The molecule has 1 aliphatic carbocycles. The number of benzene rings is 1. The third kappa shape index (κ3) is 3.79. The van der Waals surface area contributed by atoms with E-state index in [4.69, 9.17) is 14.2 Å². The molecule has 0 bridgehead atoms. The minimum absolute atomic E-state index is 0.100. The van der Waals surface area contributed by atoms with E-state index in [1.807, 2.05) is 4.90 Å². The summed E-state index contributed by atoms with van der Waals surface area (Å²) in [6.07, 6.45) is 6.93. The van der Waals surface area contributed by atoms with Crippen LogP contribution in [0.15, 0.2) is 18.2 Å². The molecule has 0 radical (unpaired) electrons. The van der Waals surface area contributed by atoms with Crippen LogP contribution in [-0.4, -0.2) is 50.2 Å². The third-order valence-electron chi connectivity index (χ3n) is 5.51. The highest BCUT2D eigenvalue weighted by Crippen LogP contribution is 2.35. The number of esters is 1. The summed E-state index contributed by atoms with van der Waals surface area (Å²) in [5, 5.41) is 0. The Hall–Kier alpha value is -2.24. The van der Waals surface area contributed by atoms with Gasteiger partial charge < -0.3 is 19.1 Å². The lowest BCUT2D eigenvalue weighted by Crippen LogP contribution is -2.50. The second kappa shape index (κ2) is 8.43. The van der Waals surface area contributed by atoms with Gasteiger partial charge in [-0.15, -0.1) is 0 Å². The Morgan fingerprint density at radius 1 is 1.08 bits per heavy atom. The predicted molar refractivity (Wildman–Crippen MR) is 96.5 cm³/mol. The number of hydrogen-bond acceptors (Lipinski definition) is 5. The molecule has 0 spiro atoms. The standard InChI is InChI=1S/C20H27NO5/c1-24-17-11-5-9-15(19(17)25-2)20(23)26-13-18(22)21-12-6-8-14-7-3-4-10-16(14)21/h5,9,11,14,16H,3-4,6-8,10,12-13H2,1-2H3/t14-,16+/m0/s1. The molecule has 142 valence electrons. The number of amides is 1. The molecule has 1 saturated heterocycles. The lowest BCUT2D eigenvalue weighted by atomic mass is 9.78. The first-order valence-electron chi connectivity index (χ1n) is 9.33. The van der Waals surface area contributed by atoms with E-state index in [-0.39, 0.29) is 18.1 Å². The topological polar surface area (TPSA) is 65.1 Å². The van der Waals surface area contributed by atoms with Crippen LogP contribution in [-0.2, 0) is 9.53 Å². The van der Waals surface area contributed by atoms with Gasteiger partial charge in [-0.25, -0.2) is 4.79 Å². The number of ether oxygens (including phenoxy) is 3. The van der Waals surface area contributed by atoms with Gasteiger partial charge in [0.05, 0.1) is 14.2 Å². The van der Waals surface area contributed by atoms with Gasteiger partial charge in [-0.1, -0.05) is 18.9 Å². The fraction of sp³-hybridized carbons (Fsp3) is 0.600. The van der Waals surface area contributed by atoms with E-state index in [1.165, 1.54) is 39.9 Å². The van der Waals surface area contributed by atoms with Crippen LogP contribution in [0, 0.1) is 5.92 Å². The Labute approximate surface area is 154 Å². The van der Waals surface area contributed by atoms with Crippen LogP contribution in [0.2, 0.25) is 0 Å². The molecule has 2 atom stereocenters. The van der Waals surface area contributed by atoms with Gasteiger partial charge in [-0.2, -0.15) is 0 Å². The molecule has 1 saturated carbocycles. The lowest BCUT2D eigenvalue weighted by molar-refractivity contribution is -0.140. The number of methoxy groups -OCH3 is 2. The van der Waals surface area contributed by atoms with Gasteiger partial charge in [0, 0.05) is 12.6 Å². The van der Waals surface area contributed by atoms with Gasteiger partial charge in [-0.05, 0) is 43.7 Å². The van der Waals surface area contributed by atoms with Crippen LogP contribution < -0.4 is 9.47 Å². The molecular formula is C20H27NO5. The number of likely N-dealkylation sites (tertiary alicyclic amines) is 1. The molecule has 1 heterocycles.